The first-order valence-corrected chi connectivity index (χ1v) is 5.78. The molecule has 0 amide bonds. The molecule has 0 heterocycles. The predicted molar refractivity (Wildman–Crippen MR) is 62.5 cm³/mol. The van der Waals surface area contributed by atoms with Crippen LogP contribution in [0.15, 0.2) is 24.3 Å². The number of unbranched alkanes of at least 4 members (excludes halogenated alkanes) is 2. The van der Waals surface area contributed by atoms with Crippen molar-refractivity contribution in [3.8, 4) is 0 Å². The van der Waals surface area contributed by atoms with Crippen molar-refractivity contribution in [1.82, 2.24) is 5.32 Å². The lowest BCUT2D eigenvalue weighted by molar-refractivity contribution is 0.586. The Kier molecular flexibility index (Phi) is 6.02. The smallest absolute Gasteiger partial charge is 0.126 e. The zero-order chi connectivity index (χ0) is 10.9. The zero-order valence-corrected chi connectivity index (χ0v) is 9.43. The summed E-state index contributed by atoms with van der Waals surface area (Å²) >= 11 is 0. The van der Waals surface area contributed by atoms with Gasteiger partial charge in [0.05, 0.1) is 0 Å². The summed E-state index contributed by atoms with van der Waals surface area (Å²) in [5, 5.41) is 3.33. The third-order valence-electron chi connectivity index (χ3n) is 2.49. The van der Waals surface area contributed by atoms with E-state index in [1.807, 2.05) is 12.1 Å². The van der Waals surface area contributed by atoms with Crippen molar-refractivity contribution in [2.45, 2.75) is 32.6 Å². The van der Waals surface area contributed by atoms with Crippen LogP contribution in [0.4, 0.5) is 4.39 Å². The maximum atomic E-state index is 13.2. The molecule has 0 aromatic heterocycles. The molecule has 0 saturated heterocycles. The summed E-state index contributed by atoms with van der Waals surface area (Å²) in [6.07, 6.45) is 4.51. The fraction of sp³-hybridized carbons (Fsp3) is 0.538. The van der Waals surface area contributed by atoms with Crippen molar-refractivity contribution in [2.75, 3.05) is 13.1 Å². The molecule has 2 heteroatoms. The number of benzene rings is 1. The predicted octanol–water partition coefficient (Wildman–Crippen LogP) is 3.15. The molecule has 0 aliphatic carbocycles. The summed E-state index contributed by atoms with van der Waals surface area (Å²) in [5.74, 6) is -0.0899. The van der Waals surface area contributed by atoms with Gasteiger partial charge in [-0.3, -0.25) is 0 Å². The fourth-order valence-electron chi connectivity index (χ4n) is 1.55. The van der Waals surface area contributed by atoms with Crippen LogP contribution in [0.1, 0.15) is 31.7 Å². The van der Waals surface area contributed by atoms with Gasteiger partial charge in [-0.1, -0.05) is 38.0 Å². The quantitative estimate of drug-likeness (QED) is 0.680. The number of nitrogens with one attached hydrogen (secondary N) is 1. The number of halogens is 1. The molecule has 1 aromatic carbocycles. The van der Waals surface area contributed by atoms with E-state index in [4.69, 9.17) is 0 Å². The largest absolute Gasteiger partial charge is 0.316 e. The van der Waals surface area contributed by atoms with Gasteiger partial charge in [0.1, 0.15) is 5.82 Å². The fourth-order valence-corrected chi connectivity index (χ4v) is 1.55. The Labute approximate surface area is 91.7 Å². The zero-order valence-electron chi connectivity index (χ0n) is 9.43. The summed E-state index contributed by atoms with van der Waals surface area (Å²) in [5.41, 5.74) is 0.806. The van der Waals surface area contributed by atoms with Gasteiger partial charge >= 0.3 is 0 Å². The standard InChI is InChI=1S/C13H20FN/c1-2-3-6-10-15-11-9-12-7-4-5-8-13(12)14/h4-5,7-8,15H,2-3,6,9-11H2,1H3. The van der Waals surface area contributed by atoms with Crippen LogP contribution in [-0.2, 0) is 6.42 Å². The Morgan fingerprint density at radius 3 is 2.67 bits per heavy atom. The van der Waals surface area contributed by atoms with Gasteiger partial charge in [-0.25, -0.2) is 4.39 Å². The van der Waals surface area contributed by atoms with Gasteiger partial charge in [0.15, 0.2) is 0 Å². The molecular formula is C13H20FN. The highest BCUT2D eigenvalue weighted by Gasteiger charge is 1.98. The van der Waals surface area contributed by atoms with Crippen molar-refractivity contribution in [3.05, 3.63) is 35.6 Å². The van der Waals surface area contributed by atoms with Gasteiger partial charge in [-0.2, -0.15) is 0 Å². The van der Waals surface area contributed by atoms with Crippen molar-refractivity contribution in [3.63, 3.8) is 0 Å². The van der Waals surface area contributed by atoms with Crippen LogP contribution in [0.3, 0.4) is 0 Å². The van der Waals surface area contributed by atoms with Crippen LogP contribution in [0.25, 0.3) is 0 Å². The minimum Gasteiger partial charge on any atom is -0.316 e. The van der Waals surface area contributed by atoms with Crippen LogP contribution in [-0.4, -0.2) is 13.1 Å². The Balaban J connectivity index is 2.12. The Morgan fingerprint density at radius 1 is 1.13 bits per heavy atom. The highest BCUT2D eigenvalue weighted by molar-refractivity contribution is 5.17. The Hall–Kier alpha value is -0.890. The molecule has 0 radical (unpaired) electrons. The Morgan fingerprint density at radius 2 is 1.93 bits per heavy atom. The SMILES string of the molecule is CCCCCNCCc1ccccc1F. The van der Waals surface area contributed by atoms with E-state index in [-0.39, 0.29) is 5.82 Å². The van der Waals surface area contributed by atoms with Gasteiger partial charge in [0.25, 0.3) is 0 Å². The number of hydrogen-bond donors (Lipinski definition) is 1. The van der Waals surface area contributed by atoms with Gasteiger partial charge in [0, 0.05) is 0 Å². The third-order valence-corrected chi connectivity index (χ3v) is 2.49. The first-order chi connectivity index (χ1) is 7.34. The highest BCUT2D eigenvalue weighted by Crippen LogP contribution is 2.06. The van der Waals surface area contributed by atoms with E-state index in [2.05, 4.69) is 12.2 Å². The second-order valence-corrected chi connectivity index (χ2v) is 3.80. The molecule has 0 fully saturated rings. The second kappa shape index (κ2) is 7.41. The lowest BCUT2D eigenvalue weighted by Gasteiger charge is -2.05. The first-order valence-electron chi connectivity index (χ1n) is 5.78. The molecule has 0 bridgehead atoms. The minimum atomic E-state index is -0.0899. The van der Waals surface area contributed by atoms with Gasteiger partial charge in [-0.05, 0) is 37.6 Å². The van der Waals surface area contributed by atoms with E-state index >= 15 is 0 Å². The van der Waals surface area contributed by atoms with Crippen LogP contribution in [0.5, 0.6) is 0 Å². The molecule has 0 unspecified atom stereocenters. The summed E-state index contributed by atoms with van der Waals surface area (Å²) in [4.78, 5) is 0. The molecule has 1 N–H and O–H groups in total. The summed E-state index contributed by atoms with van der Waals surface area (Å²) in [6, 6.07) is 6.98. The summed E-state index contributed by atoms with van der Waals surface area (Å²) in [7, 11) is 0. The van der Waals surface area contributed by atoms with E-state index < -0.39 is 0 Å². The lowest BCUT2D eigenvalue weighted by atomic mass is 10.1. The molecule has 84 valence electrons. The number of rotatable bonds is 7. The second-order valence-electron chi connectivity index (χ2n) is 3.80. The molecule has 0 spiro atoms. The van der Waals surface area contributed by atoms with E-state index in [0.717, 1.165) is 25.1 Å². The monoisotopic (exact) mass is 209 g/mol. The van der Waals surface area contributed by atoms with Crippen molar-refractivity contribution >= 4 is 0 Å². The summed E-state index contributed by atoms with van der Waals surface area (Å²) in [6.45, 7) is 4.10. The maximum Gasteiger partial charge on any atom is 0.126 e. The molecule has 0 aliphatic heterocycles. The van der Waals surface area contributed by atoms with Gasteiger partial charge in [0.2, 0.25) is 0 Å². The van der Waals surface area contributed by atoms with Crippen molar-refractivity contribution in [2.24, 2.45) is 0 Å². The van der Waals surface area contributed by atoms with E-state index in [9.17, 15) is 4.39 Å². The molecule has 0 aliphatic rings. The normalized spacial score (nSPS) is 10.5. The molecule has 0 saturated carbocycles. The summed E-state index contributed by atoms with van der Waals surface area (Å²) < 4.78 is 13.2. The molecule has 0 atom stereocenters. The van der Waals surface area contributed by atoms with Gasteiger partial charge in [-0.15, -0.1) is 0 Å². The third kappa shape index (κ3) is 4.93. The molecule has 1 aromatic rings. The topological polar surface area (TPSA) is 12.0 Å². The number of hydrogen-bond acceptors (Lipinski definition) is 1. The molecular weight excluding hydrogens is 189 g/mol. The van der Waals surface area contributed by atoms with Crippen molar-refractivity contribution in [1.29, 1.82) is 0 Å². The maximum absolute atomic E-state index is 13.2. The van der Waals surface area contributed by atoms with Crippen LogP contribution < -0.4 is 5.32 Å². The Bertz CT molecular complexity index is 273. The van der Waals surface area contributed by atoms with Crippen LogP contribution in [0, 0.1) is 5.82 Å². The molecule has 1 nitrogen and oxygen atoms in total. The van der Waals surface area contributed by atoms with Crippen molar-refractivity contribution < 1.29 is 4.39 Å². The van der Waals surface area contributed by atoms with Crippen LogP contribution >= 0.6 is 0 Å². The van der Waals surface area contributed by atoms with E-state index in [1.54, 1.807) is 6.07 Å². The average Bonchev–Trinajstić information content (AvgIpc) is 2.25. The highest BCUT2D eigenvalue weighted by atomic mass is 19.1. The first kappa shape index (κ1) is 12.2. The van der Waals surface area contributed by atoms with Crippen LogP contribution in [0.2, 0.25) is 0 Å². The average molecular weight is 209 g/mol. The minimum absolute atomic E-state index is 0.0899. The van der Waals surface area contributed by atoms with E-state index in [0.29, 0.717) is 0 Å². The molecule has 1 rings (SSSR count). The molecule has 15 heavy (non-hydrogen) atoms. The lowest BCUT2D eigenvalue weighted by Crippen LogP contribution is -2.18. The van der Waals surface area contributed by atoms with Gasteiger partial charge < -0.3 is 5.32 Å². The van der Waals surface area contributed by atoms with E-state index in [1.165, 1.54) is 25.3 Å².